The van der Waals surface area contributed by atoms with Gasteiger partial charge in [-0.3, -0.25) is 0 Å². The van der Waals surface area contributed by atoms with Gasteiger partial charge in [0.2, 0.25) is 0 Å². The van der Waals surface area contributed by atoms with Gasteiger partial charge in [0.25, 0.3) is 0 Å². The van der Waals surface area contributed by atoms with Crippen LogP contribution in [0.3, 0.4) is 0 Å². The summed E-state index contributed by atoms with van der Waals surface area (Å²) in [4.78, 5) is 0. The maximum Gasteiger partial charge on any atom is 0.0600 e. The number of ether oxygens (including phenoxy) is 2. The molecular weight excluding hydrogens is 226 g/mol. The topological polar surface area (TPSA) is 30.5 Å². The van der Waals surface area contributed by atoms with Crippen molar-refractivity contribution in [2.75, 3.05) is 26.8 Å². The van der Waals surface area contributed by atoms with E-state index < -0.39 is 0 Å². The molecule has 3 heteroatoms. The summed E-state index contributed by atoms with van der Waals surface area (Å²) in [6.07, 6.45) is 8.13. The third-order valence-corrected chi connectivity index (χ3v) is 3.68. The Morgan fingerprint density at radius 2 is 1.94 bits per heavy atom. The first-order chi connectivity index (χ1) is 8.72. The van der Waals surface area contributed by atoms with E-state index >= 15 is 0 Å². The van der Waals surface area contributed by atoms with Gasteiger partial charge >= 0.3 is 0 Å². The van der Waals surface area contributed by atoms with Gasteiger partial charge in [-0.2, -0.15) is 0 Å². The molecule has 108 valence electrons. The monoisotopic (exact) mass is 257 g/mol. The fourth-order valence-corrected chi connectivity index (χ4v) is 2.53. The molecule has 1 aliphatic rings. The number of rotatable bonds is 9. The fraction of sp³-hybridized carbons (Fsp3) is 1.00. The van der Waals surface area contributed by atoms with Crippen molar-refractivity contribution >= 4 is 0 Å². The minimum Gasteiger partial charge on any atom is -0.381 e. The average molecular weight is 257 g/mol. The molecule has 0 radical (unpaired) electrons. The average Bonchev–Trinajstić information content (AvgIpc) is 2.37. The molecule has 3 nitrogen and oxygen atoms in total. The first-order valence-corrected chi connectivity index (χ1v) is 7.57. The van der Waals surface area contributed by atoms with Crippen LogP contribution in [-0.4, -0.2) is 39.0 Å². The Morgan fingerprint density at radius 3 is 2.67 bits per heavy atom. The van der Waals surface area contributed by atoms with Crippen molar-refractivity contribution in [3.05, 3.63) is 0 Å². The van der Waals surface area contributed by atoms with E-state index in [2.05, 4.69) is 19.2 Å². The van der Waals surface area contributed by atoms with Gasteiger partial charge in [-0.15, -0.1) is 0 Å². The predicted octanol–water partition coefficient (Wildman–Crippen LogP) is 2.99. The van der Waals surface area contributed by atoms with E-state index in [1.807, 2.05) is 7.11 Å². The Hall–Kier alpha value is -0.120. The molecule has 1 rings (SSSR count). The van der Waals surface area contributed by atoms with E-state index in [-0.39, 0.29) is 0 Å². The van der Waals surface area contributed by atoms with E-state index in [0.717, 1.165) is 32.0 Å². The van der Waals surface area contributed by atoms with Crippen molar-refractivity contribution in [2.45, 2.75) is 64.6 Å². The van der Waals surface area contributed by atoms with Gasteiger partial charge in [-0.25, -0.2) is 0 Å². The zero-order chi connectivity index (χ0) is 13.2. The van der Waals surface area contributed by atoms with Crippen LogP contribution in [0.5, 0.6) is 0 Å². The molecule has 0 spiro atoms. The molecule has 0 saturated heterocycles. The molecule has 0 aromatic heterocycles. The predicted molar refractivity (Wildman–Crippen MR) is 75.9 cm³/mol. The summed E-state index contributed by atoms with van der Waals surface area (Å²) in [7, 11) is 1.81. The normalized spacial score (nSPS) is 24.7. The molecule has 1 saturated carbocycles. The molecule has 0 aliphatic heterocycles. The van der Waals surface area contributed by atoms with Crippen molar-refractivity contribution in [1.82, 2.24) is 5.32 Å². The molecule has 0 aromatic carbocycles. The zero-order valence-electron chi connectivity index (χ0n) is 12.4. The Balaban J connectivity index is 1.91. The summed E-state index contributed by atoms with van der Waals surface area (Å²) in [6, 6.07) is 0. The van der Waals surface area contributed by atoms with E-state index in [0.29, 0.717) is 12.2 Å². The van der Waals surface area contributed by atoms with Gasteiger partial charge in [0.1, 0.15) is 0 Å². The van der Waals surface area contributed by atoms with Crippen LogP contribution in [0.4, 0.5) is 0 Å². The van der Waals surface area contributed by atoms with E-state index in [1.165, 1.54) is 32.1 Å². The Bertz CT molecular complexity index is 197. The van der Waals surface area contributed by atoms with Crippen LogP contribution in [0.15, 0.2) is 0 Å². The summed E-state index contributed by atoms with van der Waals surface area (Å²) < 4.78 is 11.3. The lowest BCUT2D eigenvalue weighted by molar-refractivity contribution is -0.0282. The molecule has 0 aromatic rings. The minimum absolute atomic E-state index is 0.418. The lowest BCUT2D eigenvalue weighted by atomic mass is 9.95. The standard InChI is InChI=1S/C15H31NO2/c1-13(2)6-5-9-16-10-11-18-15-8-4-7-14(12-15)17-3/h13-16H,4-12H2,1-3H3. The zero-order valence-corrected chi connectivity index (χ0v) is 12.4. The van der Waals surface area contributed by atoms with Crippen LogP contribution < -0.4 is 5.32 Å². The van der Waals surface area contributed by atoms with Gasteiger partial charge in [0, 0.05) is 13.7 Å². The summed E-state index contributed by atoms with van der Waals surface area (Å²) in [5, 5.41) is 3.45. The second-order valence-electron chi connectivity index (χ2n) is 5.80. The highest BCUT2D eigenvalue weighted by molar-refractivity contribution is 4.73. The number of nitrogens with one attached hydrogen (secondary N) is 1. The van der Waals surface area contributed by atoms with Crippen LogP contribution in [0, 0.1) is 5.92 Å². The highest BCUT2D eigenvalue weighted by Gasteiger charge is 2.21. The lowest BCUT2D eigenvalue weighted by Crippen LogP contribution is -2.30. The first-order valence-electron chi connectivity index (χ1n) is 7.57. The van der Waals surface area contributed by atoms with E-state index in [4.69, 9.17) is 9.47 Å². The molecule has 18 heavy (non-hydrogen) atoms. The highest BCUT2D eigenvalue weighted by atomic mass is 16.5. The Labute approximate surface area is 113 Å². The molecular formula is C15H31NO2. The molecule has 1 N–H and O–H groups in total. The maximum atomic E-state index is 5.90. The van der Waals surface area contributed by atoms with Crippen LogP contribution in [0.25, 0.3) is 0 Å². The summed E-state index contributed by atoms with van der Waals surface area (Å²) in [5.41, 5.74) is 0. The SMILES string of the molecule is COC1CCCC(OCCNCCCC(C)C)C1. The van der Waals surface area contributed by atoms with Crippen LogP contribution in [-0.2, 0) is 9.47 Å². The van der Waals surface area contributed by atoms with Crippen molar-refractivity contribution < 1.29 is 9.47 Å². The van der Waals surface area contributed by atoms with Crippen molar-refractivity contribution in [3.8, 4) is 0 Å². The third-order valence-electron chi connectivity index (χ3n) is 3.68. The molecule has 2 atom stereocenters. The summed E-state index contributed by atoms with van der Waals surface area (Å²) >= 11 is 0. The maximum absolute atomic E-state index is 5.90. The summed E-state index contributed by atoms with van der Waals surface area (Å²) in [6.45, 7) is 7.48. The van der Waals surface area contributed by atoms with Crippen LogP contribution in [0.1, 0.15) is 52.4 Å². The number of hydrogen-bond donors (Lipinski definition) is 1. The second-order valence-corrected chi connectivity index (χ2v) is 5.80. The summed E-state index contributed by atoms with van der Waals surface area (Å²) in [5.74, 6) is 0.816. The Morgan fingerprint density at radius 1 is 1.17 bits per heavy atom. The van der Waals surface area contributed by atoms with E-state index in [1.54, 1.807) is 0 Å². The van der Waals surface area contributed by atoms with Gasteiger partial charge in [0.15, 0.2) is 0 Å². The second kappa shape index (κ2) is 9.76. The molecule has 0 amide bonds. The van der Waals surface area contributed by atoms with Crippen molar-refractivity contribution in [1.29, 1.82) is 0 Å². The minimum atomic E-state index is 0.418. The third kappa shape index (κ3) is 7.34. The fourth-order valence-electron chi connectivity index (χ4n) is 2.53. The Kier molecular flexibility index (Phi) is 8.64. The molecule has 0 bridgehead atoms. The first kappa shape index (κ1) is 15.9. The van der Waals surface area contributed by atoms with Crippen LogP contribution in [0.2, 0.25) is 0 Å². The molecule has 1 aliphatic carbocycles. The smallest absolute Gasteiger partial charge is 0.0600 e. The lowest BCUT2D eigenvalue weighted by Gasteiger charge is -2.28. The largest absolute Gasteiger partial charge is 0.381 e. The highest BCUT2D eigenvalue weighted by Crippen LogP contribution is 2.22. The van der Waals surface area contributed by atoms with Crippen molar-refractivity contribution in [3.63, 3.8) is 0 Å². The van der Waals surface area contributed by atoms with Gasteiger partial charge < -0.3 is 14.8 Å². The van der Waals surface area contributed by atoms with E-state index in [9.17, 15) is 0 Å². The quantitative estimate of drug-likeness (QED) is 0.644. The van der Waals surface area contributed by atoms with Gasteiger partial charge in [0.05, 0.1) is 18.8 Å². The van der Waals surface area contributed by atoms with Gasteiger partial charge in [-0.1, -0.05) is 13.8 Å². The molecule has 0 heterocycles. The number of methoxy groups -OCH3 is 1. The number of hydrogen-bond acceptors (Lipinski definition) is 3. The van der Waals surface area contributed by atoms with Crippen molar-refractivity contribution in [2.24, 2.45) is 5.92 Å². The van der Waals surface area contributed by atoms with Crippen LogP contribution >= 0.6 is 0 Å². The molecule has 2 unspecified atom stereocenters. The van der Waals surface area contributed by atoms with Gasteiger partial charge in [-0.05, 0) is 51.0 Å². The molecule has 1 fully saturated rings.